The van der Waals surface area contributed by atoms with Crippen LogP contribution in [0.3, 0.4) is 0 Å². The normalized spacial score (nSPS) is 15.9. The summed E-state index contributed by atoms with van der Waals surface area (Å²) >= 11 is 0. The first-order valence-electron chi connectivity index (χ1n) is 8.24. The molecule has 22 heavy (non-hydrogen) atoms. The first-order valence-corrected chi connectivity index (χ1v) is 8.24. The molecule has 0 amide bonds. The van der Waals surface area contributed by atoms with Crippen molar-refractivity contribution in [2.24, 2.45) is 5.92 Å². The molecule has 0 unspecified atom stereocenters. The highest BCUT2D eigenvalue weighted by atomic mass is 16.5. The molecule has 0 spiro atoms. The maximum atomic E-state index is 5.86. The lowest BCUT2D eigenvalue weighted by atomic mass is 9.95. The molecule has 1 saturated heterocycles. The molecule has 2 aromatic rings. The third kappa shape index (κ3) is 3.89. The Morgan fingerprint density at radius 2 is 2.00 bits per heavy atom. The maximum Gasteiger partial charge on any atom is 0.167 e. The van der Waals surface area contributed by atoms with Gasteiger partial charge in [0.2, 0.25) is 0 Å². The standard InChI is InChI=1S/C18H24N2O2/c1-2-16-13-18(22-20-16)15-3-5-17(6-4-15)21-12-9-14-7-10-19-11-8-14/h3-6,13-14,19H,2,7-12H2,1H3. The van der Waals surface area contributed by atoms with E-state index in [2.05, 4.69) is 17.4 Å². The van der Waals surface area contributed by atoms with Crippen molar-refractivity contribution in [3.63, 3.8) is 0 Å². The molecular weight excluding hydrogens is 276 g/mol. The van der Waals surface area contributed by atoms with E-state index in [0.29, 0.717) is 0 Å². The van der Waals surface area contributed by atoms with Crippen LogP contribution in [-0.4, -0.2) is 24.9 Å². The van der Waals surface area contributed by atoms with Gasteiger partial charge in [-0.3, -0.25) is 0 Å². The van der Waals surface area contributed by atoms with Crippen molar-refractivity contribution < 1.29 is 9.26 Å². The quantitative estimate of drug-likeness (QED) is 0.884. The second-order valence-electron chi connectivity index (χ2n) is 5.89. The summed E-state index contributed by atoms with van der Waals surface area (Å²) < 4.78 is 11.2. The number of aromatic nitrogens is 1. The van der Waals surface area contributed by atoms with Gasteiger partial charge < -0.3 is 14.6 Å². The van der Waals surface area contributed by atoms with Crippen LogP contribution in [-0.2, 0) is 6.42 Å². The summed E-state index contributed by atoms with van der Waals surface area (Å²) in [4.78, 5) is 0. The topological polar surface area (TPSA) is 47.3 Å². The number of nitrogens with zero attached hydrogens (tertiary/aromatic N) is 1. The zero-order chi connectivity index (χ0) is 15.2. The largest absolute Gasteiger partial charge is 0.494 e. The van der Waals surface area contributed by atoms with Gasteiger partial charge in [-0.2, -0.15) is 0 Å². The lowest BCUT2D eigenvalue weighted by molar-refractivity contribution is 0.252. The van der Waals surface area contributed by atoms with Gasteiger partial charge in [-0.25, -0.2) is 0 Å². The van der Waals surface area contributed by atoms with Crippen molar-refractivity contribution in [2.75, 3.05) is 19.7 Å². The molecule has 3 rings (SSSR count). The molecule has 1 fully saturated rings. The van der Waals surface area contributed by atoms with Crippen LogP contribution in [0.15, 0.2) is 34.9 Å². The van der Waals surface area contributed by atoms with Crippen LogP contribution in [0.25, 0.3) is 11.3 Å². The molecule has 4 heteroatoms. The highest BCUT2D eigenvalue weighted by Gasteiger charge is 2.12. The minimum Gasteiger partial charge on any atom is -0.494 e. The van der Waals surface area contributed by atoms with Gasteiger partial charge in [0, 0.05) is 11.6 Å². The molecule has 118 valence electrons. The van der Waals surface area contributed by atoms with Crippen LogP contribution >= 0.6 is 0 Å². The Balaban J connectivity index is 1.50. The molecule has 0 aliphatic carbocycles. The Hall–Kier alpha value is -1.81. The number of rotatable bonds is 6. The Morgan fingerprint density at radius 1 is 1.23 bits per heavy atom. The highest BCUT2D eigenvalue weighted by Crippen LogP contribution is 2.24. The van der Waals surface area contributed by atoms with Gasteiger partial charge in [0.15, 0.2) is 5.76 Å². The second kappa shape index (κ2) is 7.45. The number of nitrogens with one attached hydrogen (secondary N) is 1. The third-order valence-electron chi connectivity index (χ3n) is 4.31. The molecule has 1 aliphatic rings. The van der Waals surface area contributed by atoms with Crippen molar-refractivity contribution in [2.45, 2.75) is 32.6 Å². The monoisotopic (exact) mass is 300 g/mol. The van der Waals surface area contributed by atoms with Gasteiger partial charge in [0.05, 0.1) is 12.3 Å². The van der Waals surface area contributed by atoms with Crippen molar-refractivity contribution in [3.8, 4) is 17.1 Å². The third-order valence-corrected chi connectivity index (χ3v) is 4.31. The van der Waals surface area contributed by atoms with Crippen LogP contribution in [0.4, 0.5) is 0 Å². The average Bonchev–Trinajstić information content (AvgIpc) is 3.06. The Morgan fingerprint density at radius 3 is 2.68 bits per heavy atom. The minimum absolute atomic E-state index is 0.798. The number of aryl methyl sites for hydroxylation is 1. The number of hydrogen-bond acceptors (Lipinski definition) is 4. The smallest absolute Gasteiger partial charge is 0.167 e. The fourth-order valence-electron chi connectivity index (χ4n) is 2.84. The molecule has 1 aromatic carbocycles. The first kappa shape index (κ1) is 15.1. The van der Waals surface area contributed by atoms with Gasteiger partial charge in [-0.05, 0) is 69.0 Å². The molecule has 1 aromatic heterocycles. The van der Waals surface area contributed by atoms with Gasteiger partial charge in [-0.15, -0.1) is 0 Å². The van der Waals surface area contributed by atoms with Crippen LogP contribution < -0.4 is 10.1 Å². The lowest BCUT2D eigenvalue weighted by Crippen LogP contribution is -2.28. The predicted molar refractivity (Wildman–Crippen MR) is 87.0 cm³/mol. The molecule has 1 N–H and O–H groups in total. The van der Waals surface area contributed by atoms with Gasteiger partial charge >= 0.3 is 0 Å². The fraction of sp³-hybridized carbons (Fsp3) is 0.500. The summed E-state index contributed by atoms with van der Waals surface area (Å²) in [7, 11) is 0. The molecule has 0 saturated carbocycles. The SMILES string of the molecule is CCc1cc(-c2ccc(OCCC3CCNCC3)cc2)on1. The highest BCUT2D eigenvalue weighted by molar-refractivity contribution is 5.58. The number of hydrogen-bond donors (Lipinski definition) is 1. The predicted octanol–water partition coefficient (Wildman–Crippen LogP) is 3.67. The average molecular weight is 300 g/mol. The fourth-order valence-corrected chi connectivity index (χ4v) is 2.84. The molecule has 1 aliphatic heterocycles. The van der Waals surface area contributed by atoms with E-state index in [1.807, 2.05) is 30.3 Å². The first-order chi connectivity index (χ1) is 10.8. The molecule has 2 heterocycles. The van der Waals surface area contributed by atoms with Crippen molar-refractivity contribution >= 4 is 0 Å². The summed E-state index contributed by atoms with van der Waals surface area (Å²) in [5.41, 5.74) is 2.02. The van der Waals surface area contributed by atoms with Crippen LogP contribution in [0.1, 0.15) is 31.9 Å². The molecular formula is C18H24N2O2. The van der Waals surface area contributed by atoms with E-state index in [1.54, 1.807) is 0 Å². The maximum absolute atomic E-state index is 5.86. The second-order valence-corrected chi connectivity index (χ2v) is 5.89. The van der Waals surface area contributed by atoms with Crippen LogP contribution in [0, 0.1) is 5.92 Å². The Labute approximate surface area is 131 Å². The number of piperidine rings is 1. The molecule has 0 bridgehead atoms. The van der Waals surface area contributed by atoms with E-state index in [4.69, 9.17) is 9.26 Å². The molecule has 4 nitrogen and oxygen atoms in total. The van der Waals surface area contributed by atoms with E-state index in [0.717, 1.165) is 61.2 Å². The van der Waals surface area contributed by atoms with E-state index < -0.39 is 0 Å². The lowest BCUT2D eigenvalue weighted by Gasteiger charge is -2.22. The van der Waals surface area contributed by atoms with Gasteiger partial charge in [-0.1, -0.05) is 12.1 Å². The summed E-state index contributed by atoms with van der Waals surface area (Å²) in [5, 5.41) is 7.42. The molecule has 0 atom stereocenters. The van der Waals surface area contributed by atoms with Crippen LogP contribution in [0.2, 0.25) is 0 Å². The summed E-state index contributed by atoms with van der Waals surface area (Å²) in [6.07, 6.45) is 4.58. The van der Waals surface area contributed by atoms with E-state index in [-0.39, 0.29) is 0 Å². The summed E-state index contributed by atoms with van der Waals surface area (Å²) in [6, 6.07) is 10.1. The van der Waals surface area contributed by atoms with Crippen molar-refractivity contribution in [3.05, 3.63) is 36.0 Å². The number of benzene rings is 1. The van der Waals surface area contributed by atoms with Gasteiger partial charge in [0.25, 0.3) is 0 Å². The van der Waals surface area contributed by atoms with E-state index in [9.17, 15) is 0 Å². The Bertz CT molecular complexity index is 571. The minimum atomic E-state index is 0.798. The van der Waals surface area contributed by atoms with E-state index in [1.165, 1.54) is 12.8 Å². The van der Waals surface area contributed by atoms with E-state index >= 15 is 0 Å². The zero-order valence-electron chi connectivity index (χ0n) is 13.2. The van der Waals surface area contributed by atoms with Crippen molar-refractivity contribution in [1.82, 2.24) is 10.5 Å². The number of ether oxygens (including phenoxy) is 1. The molecule has 0 radical (unpaired) electrons. The van der Waals surface area contributed by atoms with Gasteiger partial charge in [0.1, 0.15) is 5.75 Å². The van der Waals surface area contributed by atoms with Crippen molar-refractivity contribution in [1.29, 1.82) is 0 Å². The summed E-state index contributed by atoms with van der Waals surface area (Å²) in [5.74, 6) is 2.55. The zero-order valence-corrected chi connectivity index (χ0v) is 13.2. The van der Waals surface area contributed by atoms with Crippen LogP contribution in [0.5, 0.6) is 5.75 Å². The summed E-state index contributed by atoms with van der Waals surface area (Å²) in [6.45, 7) is 5.17. The Kier molecular flexibility index (Phi) is 5.11.